The standard InChI is InChI=1S/C16H21N/c1-15(2)9-5-13-7-11-16(3,17-4)12-8-14(13)6-10-15/h5-12,17H,1-4H3. The van der Waals surface area contributed by atoms with E-state index in [1.165, 1.54) is 11.1 Å². The van der Waals surface area contributed by atoms with Gasteiger partial charge in [-0.2, -0.15) is 0 Å². The van der Waals surface area contributed by atoms with Crippen molar-refractivity contribution in [3.8, 4) is 0 Å². The van der Waals surface area contributed by atoms with Crippen molar-refractivity contribution >= 4 is 0 Å². The average molecular weight is 227 g/mol. The SMILES string of the molecule is CNC1(C)C=CC2=C(C=CC(C)(C)C=C2)C=C1. The van der Waals surface area contributed by atoms with E-state index >= 15 is 0 Å². The lowest BCUT2D eigenvalue weighted by Gasteiger charge is -2.20. The van der Waals surface area contributed by atoms with E-state index in [0.29, 0.717) is 0 Å². The molecule has 1 N–H and O–H groups in total. The summed E-state index contributed by atoms with van der Waals surface area (Å²) >= 11 is 0. The number of hydrogen-bond donors (Lipinski definition) is 1. The molecule has 0 amide bonds. The smallest absolute Gasteiger partial charge is 0.0525 e. The van der Waals surface area contributed by atoms with Crippen molar-refractivity contribution in [2.45, 2.75) is 26.3 Å². The van der Waals surface area contributed by atoms with Gasteiger partial charge in [0, 0.05) is 5.41 Å². The predicted molar refractivity (Wildman–Crippen MR) is 74.8 cm³/mol. The van der Waals surface area contributed by atoms with Crippen LogP contribution in [0.5, 0.6) is 0 Å². The Morgan fingerprint density at radius 1 is 0.765 bits per heavy atom. The fourth-order valence-electron chi connectivity index (χ4n) is 1.91. The molecule has 0 aromatic carbocycles. The van der Waals surface area contributed by atoms with E-state index in [2.05, 4.69) is 74.7 Å². The molecule has 0 aliphatic heterocycles. The second-order valence-corrected chi connectivity index (χ2v) is 5.60. The summed E-state index contributed by atoms with van der Waals surface area (Å²) in [5, 5.41) is 3.31. The summed E-state index contributed by atoms with van der Waals surface area (Å²) in [5.41, 5.74) is 2.65. The first-order valence-electron chi connectivity index (χ1n) is 6.14. The highest BCUT2D eigenvalue weighted by molar-refractivity contribution is 5.52. The second kappa shape index (κ2) is 4.15. The van der Waals surface area contributed by atoms with Crippen LogP contribution in [0, 0.1) is 5.41 Å². The van der Waals surface area contributed by atoms with E-state index in [1.54, 1.807) is 0 Å². The van der Waals surface area contributed by atoms with Gasteiger partial charge in [-0.1, -0.05) is 62.5 Å². The molecule has 0 fully saturated rings. The lowest BCUT2D eigenvalue weighted by atomic mass is 9.93. The van der Waals surface area contributed by atoms with Crippen molar-refractivity contribution in [1.29, 1.82) is 0 Å². The Balaban J connectivity index is 2.40. The Labute approximate surface area is 104 Å². The number of nitrogens with one attached hydrogen (secondary N) is 1. The van der Waals surface area contributed by atoms with Gasteiger partial charge in [-0.25, -0.2) is 0 Å². The molecule has 0 aromatic heterocycles. The Morgan fingerprint density at radius 3 is 1.59 bits per heavy atom. The van der Waals surface area contributed by atoms with Crippen LogP contribution in [-0.2, 0) is 0 Å². The van der Waals surface area contributed by atoms with Crippen LogP contribution in [0.2, 0.25) is 0 Å². The van der Waals surface area contributed by atoms with Gasteiger partial charge in [-0.15, -0.1) is 0 Å². The van der Waals surface area contributed by atoms with Crippen LogP contribution in [0.15, 0.2) is 59.8 Å². The molecule has 0 spiro atoms. The number of rotatable bonds is 1. The first kappa shape index (κ1) is 12.1. The van der Waals surface area contributed by atoms with Crippen LogP contribution in [-0.4, -0.2) is 12.6 Å². The Kier molecular flexibility index (Phi) is 2.96. The molecule has 0 atom stereocenters. The van der Waals surface area contributed by atoms with Crippen molar-refractivity contribution in [2.75, 3.05) is 7.05 Å². The monoisotopic (exact) mass is 227 g/mol. The maximum atomic E-state index is 3.31. The molecule has 0 bridgehead atoms. The second-order valence-electron chi connectivity index (χ2n) is 5.60. The van der Waals surface area contributed by atoms with Gasteiger partial charge in [-0.3, -0.25) is 0 Å². The van der Waals surface area contributed by atoms with Crippen LogP contribution in [0.4, 0.5) is 0 Å². The average Bonchev–Trinajstić information content (AvgIpc) is 2.53. The molecule has 0 aromatic rings. The fraction of sp³-hybridized carbons (Fsp3) is 0.375. The van der Waals surface area contributed by atoms with E-state index in [-0.39, 0.29) is 11.0 Å². The third-order valence-electron chi connectivity index (χ3n) is 3.48. The predicted octanol–water partition coefficient (Wildman–Crippen LogP) is 3.54. The molecule has 90 valence electrons. The summed E-state index contributed by atoms with van der Waals surface area (Å²) in [6.07, 6.45) is 17.8. The van der Waals surface area contributed by atoms with Crippen molar-refractivity contribution in [1.82, 2.24) is 5.32 Å². The third kappa shape index (κ3) is 2.67. The van der Waals surface area contributed by atoms with E-state index < -0.39 is 0 Å². The summed E-state index contributed by atoms with van der Waals surface area (Å²) in [7, 11) is 1.99. The molecule has 1 heteroatoms. The summed E-state index contributed by atoms with van der Waals surface area (Å²) in [5.74, 6) is 0. The highest BCUT2D eigenvalue weighted by Gasteiger charge is 2.18. The maximum Gasteiger partial charge on any atom is 0.0525 e. The Hall–Kier alpha value is -1.34. The van der Waals surface area contributed by atoms with Crippen LogP contribution >= 0.6 is 0 Å². The molecule has 2 aliphatic rings. The molecule has 0 unspecified atom stereocenters. The minimum atomic E-state index is -0.0522. The zero-order valence-corrected chi connectivity index (χ0v) is 11.1. The quantitative estimate of drug-likeness (QED) is 0.722. The zero-order valence-electron chi connectivity index (χ0n) is 11.1. The summed E-state index contributed by atoms with van der Waals surface area (Å²) < 4.78 is 0. The van der Waals surface area contributed by atoms with Gasteiger partial charge < -0.3 is 5.32 Å². The fourth-order valence-corrected chi connectivity index (χ4v) is 1.91. The van der Waals surface area contributed by atoms with Crippen molar-refractivity contribution in [2.24, 2.45) is 5.41 Å². The summed E-state index contributed by atoms with van der Waals surface area (Å²) in [6.45, 7) is 6.61. The Bertz CT molecular complexity index is 420. The number of allylic oxidation sites excluding steroid dienone is 8. The van der Waals surface area contributed by atoms with Crippen LogP contribution < -0.4 is 5.32 Å². The van der Waals surface area contributed by atoms with Gasteiger partial charge in [0.15, 0.2) is 0 Å². The van der Waals surface area contributed by atoms with Gasteiger partial charge in [-0.05, 0) is 25.1 Å². The first-order valence-corrected chi connectivity index (χ1v) is 6.14. The molecule has 2 rings (SSSR count). The van der Waals surface area contributed by atoms with E-state index in [9.17, 15) is 0 Å². The summed E-state index contributed by atoms with van der Waals surface area (Å²) in [6, 6.07) is 0. The highest BCUT2D eigenvalue weighted by Crippen LogP contribution is 2.28. The summed E-state index contributed by atoms with van der Waals surface area (Å²) in [4.78, 5) is 0. The van der Waals surface area contributed by atoms with E-state index in [0.717, 1.165) is 0 Å². The molecular formula is C16H21N. The molecule has 17 heavy (non-hydrogen) atoms. The van der Waals surface area contributed by atoms with E-state index in [4.69, 9.17) is 0 Å². The van der Waals surface area contributed by atoms with Gasteiger partial charge in [0.05, 0.1) is 5.54 Å². The molecule has 2 aliphatic carbocycles. The minimum Gasteiger partial charge on any atom is -0.308 e. The molecular weight excluding hydrogens is 206 g/mol. The van der Waals surface area contributed by atoms with E-state index in [1.807, 2.05) is 7.05 Å². The van der Waals surface area contributed by atoms with Gasteiger partial charge >= 0.3 is 0 Å². The third-order valence-corrected chi connectivity index (χ3v) is 3.48. The number of likely N-dealkylation sites (N-methyl/N-ethyl adjacent to an activating group) is 1. The molecule has 0 heterocycles. The lowest BCUT2D eigenvalue weighted by molar-refractivity contribution is 0.589. The van der Waals surface area contributed by atoms with Gasteiger partial charge in [0.2, 0.25) is 0 Å². The largest absolute Gasteiger partial charge is 0.308 e. The van der Waals surface area contributed by atoms with Crippen molar-refractivity contribution in [3.63, 3.8) is 0 Å². The molecule has 0 saturated heterocycles. The van der Waals surface area contributed by atoms with Crippen LogP contribution in [0.25, 0.3) is 0 Å². The zero-order chi connectivity index (χ0) is 12.5. The lowest BCUT2D eigenvalue weighted by Crippen LogP contribution is -2.34. The first-order chi connectivity index (χ1) is 7.94. The number of hydrogen-bond acceptors (Lipinski definition) is 1. The van der Waals surface area contributed by atoms with Crippen molar-refractivity contribution < 1.29 is 0 Å². The van der Waals surface area contributed by atoms with Crippen LogP contribution in [0.3, 0.4) is 0 Å². The topological polar surface area (TPSA) is 12.0 Å². The Morgan fingerprint density at radius 2 is 1.18 bits per heavy atom. The maximum absolute atomic E-state index is 3.31. The molecule has 0 saturated carbocycles. The molecule has 0 radical (unpaired) electrons. The van der Waals surface area contributed by atoms with Crippen LogP contribution in [0.1, 0.15) is 20.8 Å². The normalized spacial score (nSPS) is 24.5. The van der Waals surface area contributed by atoms with Gasteiger partial charge in [0.1, 0.15) is 0 Å². The molecule has 1 nitrogen and oxygen atoms in total. The van der Waals surface area contributed by atoms with Crippen molar-refractivity contribution in [3.05, 3.63) is 59.8 Å². The highest BCUT2D eigenvalue weighted by atomic mass is 14.9. The minimum absolute atomic E-state index is 0.0522. The van der Waals surface area contributed by atoms with Gasteiger partial charge in [0.25, 0.3) is 0 Å².